The van der Waals surface area contributed by atoms with Crippen LogP contribution in [0.25, 0.3) is 5.57 Å². The first-order valence-corrected chi connectivity index (χ1v) is 8.60. The number of rotatable bonds is 5. The van der Waals surface area contributed by atoms with E-state index in [1.165, 1.54) is 36.2 Å². The van der Waals surface area contributed by atoms with Crippen molar-refractivity contribution in [3.05, 3.63) is 40.5 Å². The lowest BCUT2D eigenvalue weighted by atomic mass is 10.0. The van der Waals surface area contributed by atoms with Crippen molar-refractivity contribution in [3.8, 4) is 0 Å². The van der Waals surface area contributed by atoms with E-state index in [1.807, 2.05) is 0 Å². The normalized spacial score (nSPS) is 21.0. The number of hydrogen-bond acceptors (Lipinski definition) is 2. The lowest BCUT2D eigenvalue weighted by molar-refractivity contribution is 0.372. The van der Waals surface area contributed by atoms with Crippen LogP contribution in [0.1, 0.15) is 45.1 Å². The predicted molar refractivity (Wildman–Crippen MR) is 95.8 cm³/mol. The summed E-state index contributed by atoms with van der Waals surface area (Å²) < 4.78 is 1.12. The molecule has 21 heavy (non-hydrogen) atoms. The standard InChI is InChI=1S/C18H25BrN2/c1-4-6-16(15-8-10-17(19)11-9-15)13-20-14(2)18-7-5-12-21(18)3/h8-11,13,18H,4-7,12H2,1-3H3/b16-13+,20-14?. The Morgan fingerprint density at radius 3 is 2.67 bits per heavy atom. The summed E-state index contributed by atoms with van der Waals surface area (Å²) in [6.07, 6.45) is 6.81. The summed E-state index contributed by atoms with van der Waals surface area (Å²) in [7, 11) is 2.20. The van der Waals surface area contributed by atoms with Gasteiger partial charge in [0.15, 0.2) is 0 Å². The molecule has 3 heteroatoms. The summed E-state index contributed by atoms with van der Waals surface area (Å²) in [5.41, 5.74) is 3.84. The van der Waals surface area contributed by atoms with Gasteiger partial charge in [0.2, 0.25) is 0 Å². The molecule has 0 aliphatic carbocycles. The molecule has 1 heterocycles. The smallest absolute Gasteiger partial charge is 0.0475 e. The quantitative estimate of drug-likeness (QED) is 0.672. The molecule has 0 spiro atoms. The lowest BCUT2D eigenvalue weighted by Gasteiger charge is -2.18. The molecular weight excluding hydrogens is 324 g/mol. The van der Waals surface area contributed by atoms with E-state index in [4.69, 9.17) is 4.99 Å². The van der Waals surface area contributed by atoms with Crippen LogP contribution in [0.15, 0.2) is 39.9 Å². The summed E-state index contributed by atoms with van der Waals surface area (Å²) in [5, 5.41) is 0. The van der Waals surface area contributed by atoms with Gasteiger partial charge in [-0.2, -0.15) is 0 Å². The highest BCUT2D eigenvalue weighted by atomic mass is 79.9. The first-order valence-electron chi connectivity index (χ1n) is 7.81. The summed E-state index contributed by atoms with van der Waals surface area (Å²) >= 11 is 3.49. The second kappa shape index (κ2) is 7.90. The largest absolute Gasteiger partial charge is 0.298 e. The lowest BCUT2D eigenvalue weighted by Crippen LogP contribution is -2.31. The number of benzene rings is 1. The van der Waals surface area contributed by atoms with Crippen LogP contribution >= 0.6 is 15.9 Å². The van der Waals surface area contributed by atoms with Crippen LogP contribution in [0, 0.1) is 0 Å². The Kier molecular flexibility index (Phi) is 6.19. The van der Waals surface area contributed by atoms with Gasteiger partial charge >= 0.3 is 0 Å². The molecule has 1 aromatic carbocycles. The zero-order chi connectivity index (χ0) is 15.2. The van der Waals surface area contributed by atoms with Gasteiger partial charge in [0.25, 0.3) is 0 Å². The van der Waals surface area contributed by atoms with Crippen molar-refractivity contribution in [1.82, 2.24) is 4.90 Å². The van der Waals surface area contributed by atoms with Crippen LogP contribution in [0.4, 0.5) is 0 Å². The first kappa shape index (κ1) is 16.4. The molecule has 1 aromatic rings. The number of allylic oxidation sites excluding steroid dienone is 1. The van der Waals surface area contributed by atoms with Crippen molar-refractivity contribution < 1.29 is 0 Å². The number of halogens is 1. The van der Waals surface area contributed by atoms with Gasteiger partial charge in [-0.05, 0) is 63.0 Å². The molecule has 1 saturated heterocycles. The topological polar surface area (TPSA) is 15.6 Å². The molecule has 2 nitrogen and oxygen atoms in total. The molecule has 1 aliphatic heterocycles. The molecule has 1 aliphatic rings. The average Bonchev–Trinajstić information content (AvgIpc) is 2.90. The van der Waals surface area contributed by atoms with Gasteiger partial charge in [-0.15, -0.1) is 0 Å². The van der Waals surface area contributed by atoms with Crippen LogP contribution in [-0.4, -0.2) is 30.2 Å². The van der Waals surface area contributed by atoms with Gasteiger partial charge in [-0.25, -0.2) is 0 Å². The van der Waals surface area contributed by atoms with E-state index in [0.717, 1.165) is 17.3 Å². The molecule has 1 fully saturated rings. The van der Waals surface area contributed by atoms with Crippen molar-refractivity contribution >= 4 is 27.2 Å². The maximum absolute atomic E-state index is 4.78. The molecule has 0 N–H and O–H groups in total. The SMILES string of the molecule is CCC/C(=C\N=C(C)C1CCCN1C)c1ccc(Br)cc1. The molecule has 1 atom stereocenters. The minimum atomic E-state index is 0.522. The van der Waals surface area contributed by atoms with Gasteiger partial charge < -0.3 is 0 Å². The Hall–Kier alpha value is -0.930. The van der Waals surface area contributed by atoms with Crippen LogP contribution < -0.4 is 0 Å². The van der Waals surface area contributed by atoms with E-state index in [1.54, 1.807) is 0 Å². The Morgan fingerprint density at radius 1 is 1.38 bits per heavy atom. The predicted octanol–water partition coefficient (Wildman–Crippen LogP) is 5.15. The van der Waals surface area contributed by atoms with Crippen molar-refractivity contribution in [1.29, 1.82) is 0 Å². The highest BCUT2D eigenvalue weighted by Gasteiger charge is 2.22. The Balaban J connectivity index is 2.18. The van der Waals surface area contributed by atoms with Gasteiger partial charge in [-0.3, -0.25) is 9.89 Å². The Morgan fingerprint density at radius 2 is 2.10 bits per heavy atom. The Bertz CT molecular complexity index is 517. The Labute approximate surface area is 137 Å². The van der Waals surface area contributed by atoms with Crippen molar-refractivity contribution in [3.63, 3.8) is 0 Å². The fourth-order valence-electron chi connectivity index (χ4n) is 2.92. The number of nitrogens with zero attached hydrogens (tertiary/aromatic N) is 2. The van der Waals surface area contributed by atoms with Crippen molar-refractivity contribution in [2.75, 3.05) is 13.6 Å². The van der Waals surface area contributed by atoms with E-state index in [2.05, 4.69) is 72.2 Å². The van der Waals surface area contributed by atoms with Crippen LogP contribution in [-0.2, 0) is 0 Å². The monoisotopic (exact) mass is 348 g/mol. The highest BCUT2D eigenvalue weighted by Crippen LogP contribution is 2.23. The molecular formula is C18H25BrN2. The molecule has 0 aromatic heterocycles. The maximum atomic E-state index is 4.78. The van der Waals surface area contributed by atoms with Crippen LogP contribution in [0.2, 0.25) is 0 Å². The number of hydrogen-bond donors (Lipinski definition) is 0. The second-order valence-electron chi connectivity index (χ2n) is 5.82. The number of aliphatic imine (C=N–C) groups is 1. The van der Waals surface area contributed by atoms with E-state index in [0.29, 0.717) is 6.04 Å². The van der Waals surface area contributed by atoms with E-state index < -0.39 is 0 Å². The maximum Gasteiger partial charge on any atom is 0.0475 e. The third-order valence-corrected chi connectivity index (χ3v) is 4.69. The fourth-order valence-corrected chi connectivity index (χ4v) is 3.18. The van der Waals surface area contributed by atoms with Gasteiger partial charge in [0.05, 0.1) is 0 Å². The van der Waals surface area contributed by atoms with E-state index >= 15 is 0 Å². The summed E-state index contributed by atoms with van der Waals surface area (Å²) in [6.45, 7) is 5.57. The van der Waals surface area contributed by atoms with E-state index in [-0.39, 0.29) is 0 Å². The molecule has 1 unspecified atom stereocenters. The molecule has 0 amide bonds. The van der Waals surface area contributed by atoms with Gasteiger partial charge in [0.1, 0.15) is 0 Å². The fraction of sp³-hybridized carbons (Fsp3) is 0.500. The second-order valence-corrected chi connectivity index (χ2v) is 6.74. The third kappa shape index (κ3) is 4.52. The van der Waals surface area contributed by atoms with Crippen molar-refractivity contribution in [2.45, 2.75) is 45.6 Å². The molecule has 0 bridgehead atoms. The molecule has 114 valence electrons. The minimum Gasteiger partial charge on any atom is -0.298 e. The highest BCUT2D eigenvalue weighted by molar-refractivity contribution is 9.10. The van der Waals surface area contributed by atoms with Crippen LogP contribution in [0.5, 0.6) is 0 Å². The zero-order valence-electron chi connectivity index (χ0n) is 13.3. The molecule has 0 radical (unpaired) electrons. The summed E-state index contributed by atoms with van der Waals surface area (Å²) in [5.74, 6) is 0. The third-order valence-electron chi connectivity index (χ3n) is 4.16. The van der Waals surface area contributed by atoms with Crippen LogP contribution in [0.3, 0.4) is 0 Å². The summed E-state index contributed by atoms with van der Waals surface area (Å²) in [4.78, 5) is 7.18. The van der Waals surface area contributed by atoms with E-state index in [9.17, 15) is 0 Å². The average molecular weight is 349 g/mol. The minimum absolute atomic E-state index is 0.522. The molecule has 0 saturated carbocycles. The molecule has 2 rings (SSSR count). The zero-order valence-corrected chi connectivity index (χ0v) is 14.9. The van der Waals surface area contributed by atoms with Gasteiger partial charge in [-0.1, -0.05) is 41.4 Å². The van der Waals surface area contributed by atoms with Crippen molar-refractivity contribution in [2.24, 2.45) is 4.99 Å². The first-order chi connectivity index (χ1) is 10.1. The summed E-state index contributed by atoms with van der Waals surface area (Å²) in [6, 6.07) is 9.05. The number of likely N-dealkylation sites (tertiary alicyclic amines) is 1. The van der Waals surface area contributed by atoms with Gasteiger partial charge in [0, 0.05) is 22.4 Å².